The number of amides is 1. The Balaban J connectivity index is 1.38. The molecule has 0 bridgehead atoms. The van der Waals surface area contributed by atoms with Crippen LogP contribution in [0.1, 0.15) is 48.9 Å². The van der Waals surface area contributed by atoms with Crippen LogP contribution in [0.15, 0.2) is 48.5 Å². The van der Waals surface area contributed by atoms with E-state index in [1.165, 1.54) is 16.8 Å². The first kappa shape index (κ1) is 25.0. The lowest BCUT2D eigenvalue weighted by Crippen LogP contribution is -2.47. The number of hydrogen-bond donors (Lipinski definition) is 0. The third-order valence-electron chi connectivity index (χ3n) is 7.06. The number of rotatable bonds is 8. The molecular weight excluding hydrogens is 442 g/mol. The number of carbonyl (C=O) groups excluding carboxylic acids is 2. The average molecular weight is 480 g/mol. The topological polar surface area (TPSA) is 62.3 Å². The van der Waals surface area contributed by atoms with Gasteiger partial charge in [-0.25, -0.2) is 4.79 Å². The van der Waals surface area contributed by atoms with Crippen LogP contribution in [0.25, 0.3) is 0 Å². The van der Waals surface area contributed by atoms with Crippen LogP contribution in [0, 0.1) is 0 Å². The van der Waals surface area contributed by atoms with Crippen LogP contribution in [0.4, 0.5) is 10.5 Å². The fraction of sp³-hybridized carbons (Fsp3) is 0.500. The van der Waals surface area contributed by atoms with Crippen molar-refractivity contribution in [3.05, 3.63) is 65.2 Å². The molecule has 2 aromatic carbocycles. The van der Waals surface area contributed by atoms with Gasteiger partial charge in [-0.05, 0) is 48.9 Å². The largest absolute Gasteiger partial charge is 0.466 e. The van der Waals surface area contributed by atoms with Gasteiger partial charge in [-0.2, -0.15) is 0 Å². The standard InChI is InChI=1S/C28H37N3O4/c1-3-34-27(32)15-16-30-17-19-31(20-18-30)26-14-8-11-23-24(26)12-7-13-25(23)29(2)28(33)35-21-22-9-5-4-6-10-22/h4-6,8-11,14,25H,3,7,12-13,15-21H2,1-2H3. The first-order valence-electron chi connectivity index (χ1n) is 12.7. The second kappa shape index (κ2) is 12.1. The SMILES string of the molecule is CCOC(=O)CCN1CCN(c2cccc3c2CCCC3N(C)C(=O)OCc2ccccc2)CC1. The predicted molar refractivity (Wildman–Crippen MR) is 136 cm³/mol. The number of piperazine rings is 1. The average Bonchev–Trinajstić information content (AvgIpc) is 2.90. The van der Waals surface area contributed by atoms with Crippen LogP contribution < -0.4 is 4.90 Å². The molecule has 2 aromatic rings. The zero-order valence-corrected chi connectivity index (χ0v) is 20.9. The molecule has 2 aliphatic rings. The maximum Gasteiger partial charge on any atom is 0.410 e. The number of carbonyl (C=O) groups is 2. The Bertz CT molecular complexity index is 989. The van der Waals surface area contributed by atoms with Gasteiger partial charge in [0.1, 0.15) is 6.61 Å². The fourth-order valence-electron chi connectivity index (χ4n) is 5.15. The Labute approximate surface area is 208 Å². The molecule has 35 heavy (non-hydrogen) atoms. The van der Waals surface area contributed by atoms with E-state index in [1.807, 2.05) is 44.3 Å². The monoisotopic (exact) mass is 479 g/mol. The van der Waals surface area contributed by atoms with Gasteiger partial charge in [0.15, 0.2) is 0 Å². The Hall–Kier alpha value is -3.06. The van der Waals surface area contributed by atoms with E-state index in [4.69, 9.17) is 9.47 Å². The summed E-state index contributed by atoms with van der Waals surface area (Å²) in [7, 11) is 1.85. The summed E-state index contributed by atoms with van der Waals surface area (Å²) in [5, 5.41) is 0. The van der Waals surface area contributed by atoms with Crippen LogP contribution in [0.3, 0.4) is 0 Å². The maximum absolute atomic E-state index is 12.9. The van der Waals surface area contributed by atoms with E-state index in [9.17, 15) is 9.59 Å². The molecule has 1 atom stereocenters. The van der Waals surface area contributed by atoms with Crippen molar-refractivity contribution in [3.8, 4) is 0 Å². The summed E-state index contributed by atoms with van der Waals surface area (Å²) in [5.74, 6) is -0.121. The zero-order chi connectivity index (χ0) is 24.6. The van der Waals surface area contributed by atoms with Gasteiger partial charge in [-0.15, -0.1) is 0 Å². The number of nitrogens with zero attached hydrogens (tertiary/aromatic N) is 3. The van der Waals surface area contributed by atoms with E-state index in [0.717, 1.165) is 57.5 Å². The smallest absolute Gasteiger partial charge is 0.410 e. The quantitative estimate of drug-likeness (QED) is 0.523. The minimum absolute atomic E-state index is 0.0211. The molecule has 1 fully saturated rings. The summed E-state index contributed by atoms with van der Waals surface area (Å²) in [6.45, 7) is 7.02. The van der Waals surface area contributed by atoms with Crippen molar-refractivity contribution >= 4 is 17.7 Å². The summed E-state index contributed by atoms with van der Waals surface area (Å²) >= 11 is 0. The lowest BCUT2D eigenvalue weighted by molar-refractivity contribution is -0.143. The van der Waals surface area contributed by atoms with Crippen molar-refractivity contribution in [2.45, 2.75) is 45.3 Å². The van der Waals surface area contributed by atoms with Gasteiger partial charge in [0.2, 0.25) is 0 Å². The second-order valence-electron chi connectivity index (χ2n) is 9.29. The molecule has 1 saturated heterocycles. The number of ether oxygens (including phenoxy) is 2. The highest BCUT2D eigenvalue weighted by molar-refractivity contribution is 5.70. The van der Waals surface area contributed by atoms with Gasteiger partial charge in [-0.1, -0.05) is 42.5 Å². The summed E-state index contributed by atoms with van der Waals surface area (Å²) < 4.78 is 10.7. The molecule has 0 radical (unpaired) electrons. The van der Waals surface area contributed by atoms with Gasteiger partial charge >= 0.3 is 12.1 Å². The minimum Gasteiger partial charge on any atom is -0.466 e. The van der Waals surface area contributed by atoms with Crippen LogP contribution in [-0.2, 0) is 27.3 Å². The summed E-state index contributed by atoms with van der Waals surface area (Å²) in [6.07, 6.45) is 3.17. The third kappa shape index (κ3) is 6.34. The zero-order valence-electron chi connectivity index (χ0n) is 20.9. The Morgan fingerprint density at radius 1 is 1.00 bits per heavy atom. The van der Waals surface area contributed by atoms with Gasteiger partial charge < -0.3 is 19.3 Å². The first-order chi connectivity index (χ1) is 17.1. The molecule has 1 unspecified atom stereocenters. The molecule has 188 valence electrons. The maximum atomic E-state index is 12.9. The summed E-state index contributed by atoms with van der Waals surface area (Å²) in [6, 6.07) is 16.3. The number of hydrogen-bond acceptors (Lipinski definition) is 6. The highest BCUT2D eigenvalue weighted by Gasteiger charge is 2.30. The number of fused-ring (bicyclic) bond motifs is 1. The predicted octanol–water partition coefficient (Wildman–Crippen LogP) is 4.41. The Kier molecular flexibility index (Phi) is 8.64. The Morgan fingerprint density at radius 2 is 1.77 bits per heavy atom. The van der Waals surface area contributed by atoms with Crippen molar-refractivity contribution in [3.63, 3.8) is 0 Å². The van der Waals surface area contributed by atoms with Gasteiger partial charge in [0, 0.05) is 45.5 Å². The van der Waals surface area contributed by atoms with E-state index in [0.29, 0.717) is 13.0 Å². The lowest BCUT2D eigenvalue weighted by atomic mass is 9.85. The van der Waals surface area contributed by atoms with Crippen LogP contribution in [0.2, 0.25) is 0 Å². The van der Waals surface area contributed by atoms with Crippen LogP contribution >= 0.6 is 0 Å². The molecule has 7 heteroatoms. The molecule has 0 spiro atoms. The lowest BCUT2D eigenvalue weighted by Gasteiger charge is -2.39. The molecule has 0 saturated carbocycles. The molecule has 0 N–H and O–H groups in total. The van der Waals surface area contributed by atoms with Gasteiger partial charge in [0.05, 0.1) is 19.1 Å². The van der Waals surface area contributed by atoms with E-state index in [1.54, 1.807) is 4.90 Å². The molecule has 1 aliphatic heterocycles. The number of benzene rings is 2. The van der Waals surface area contributed by atoms with E-state index in [2.05, 4.69) is 28.0 Å². The van der Waals surface area contributed by atoms with Crippen molar-refractivity contribution in [2.24, 2.45) is 0 Å². The summed E-state index contributed by atoms with van der Waals surface area (Å²) in [4.78, 5) is 31.1. The van der Waals surface area contributed by atoms with Gasteiger partial charge in [-0.3, -0.25) is 9.69 Å². The van der Waals surface area contributed by atoms with Crippen molar-refractivity contribution in [1.82, 2.24) is 9.80 Å². The molecule has 1 heterocycles. The van der Waals surface area contributed by atoms with E-state index >= 15 is 0 Å². The second-order valence-corrected chi connectivity index (χ2v) is 9.29. The fourth-order valence-corrected chi connectivity index (χ4v) is 5.15. The Morgan fingerprint density at radius 3 is 2.51 bits per heavy atom. The number of esters is 1. The van der Waals surface area contributed by atoms with Crippen LogP contribution in [0.5, 0.6) is 0 Å². The van der Waals surface area contributed by atoms with E-state index < -0.39 is 0 Å². The molecular formula is C28H37N3O4. The molecule has 4 rings (SSSR count). The molecule has 1 aliphatic carbocycles. The summed E-state index contributed by atoms with van der Waals surface area (Å²) in [5.41, 5.74) is 4.86. The molecule has 7 nitrogen and oxygen atoms in total. The third-order valence-corrected chi connectivity index (χ3v) is 7.06. The minimum atomic E-state index is -0.285. The van der Waals surface area contributed by atoms with E-state index in [-0.39, 0.29) is 24.7 Å². The first-order valence-corrected chi connectivity index (χ1v) is 12.7. The number of anilines is 1. The highest BCUT2D eigenvalue weighted by atomic mass is 16.6. The highest BCUT2D eigenvalue weighted by Crippen LogP contribution is 2.39. The van der Waals surface area contributed by atoms with Gasteiger partial charge in [0.25, 0.3) is 0 Å². The van der Waals surface area contributed by atoms with Crippen molar-refractivity contribution in [2.75, 3.05) is 51.3 Å². The molecule has 0 aromatic heterocycles. The molecule has 1 amide bonds. The van der Waals surface area contributed by atoms with Crippen molar-refractivity contribution in [1.29, 1.82) is 0 Å². The van der Waals surface area contributed by atoms with Crippen LogP contribution in [-0.4, -0.2) is 68.2 Å². The van der Waals surface area contributed by atoms with Crippen molar-refractivity contribution < 1.29 is 19.1 Å². The normalized spacial score (nSPS) is 18.0.